The number of halogens is 8. The minimum atomic E-state index is -4.83. The van der Waals surface area contributed by atoms with Crippen molar-refractivity contribution in [2.24, 2.45) is 5.16 Å². The number of hydrogen-bond donors (Lipinski definition) is 3. The molecule has 1 aromatic rings. The lowest BCUT2D eigenvalue weighted by atomic mass is 9.87. The molecule has 184 valence electrons. The van der Waals surface area contributed by atoms with E-state index in [1.807, 2.05) is 5.43 Å². The molecule has 0 aromatic heterocycles. The number of rotatable bonds is 9. The number of aryl methyl sites for hydroxylation is 1. The predicted molar refractivity (Wildman–Crippen MR) is 113 cm³/mol. The summed E-state index contributed by atoms with van der Waals surface area (Å²) in [7, 11) is 0. The Balaban J connectivity index is 2.19. The first-order chi connectivity index (χ1) is 15.2. The molecule has 1 aromatic carbocycles. The van der Waals surface area contributed by atoms with Crippen LogP contribution in [0.5, 0.6) is 0 Å². The van der Waals surface area contributed by atoms with Crippen LogP contribution in [-0.4, -0.2) is 40.8 Å². The van der Waals surface area contributed by atoms with Crippen LogP contribution in [0.1, 0.15) is 24.0 Å². The zero-order chi connectivity index (χ0) is 25.0. The number of hydrogen-bond acceptors (Lipinski definition) is 5. The summed E-state index contributed by atoms with van der Waals surface area (Å²) in [5, 5.41) is 12.2. The van der Waals surface area contributed by atoms with Crippen molar-refractivity contribution in [2.75, 3.05) is 0 Å². The van der Waals surface area contributed by atoms with Gasteiger partial charge in [0.05, 0.1) is 23.6 Å². The first-order valence-corrected chi connectivity index (χ1v) is 10.3. The number of oxime groups is 1. The van der Waals surface area contributed by atoms with Crippen molar-refractivity contribution in [1.29, 1.82) is 0 Å². The molecule has 0 aliphatic carbocycles. The summed E-state index contributed by atoms with van der Waals surface area (Å²) < 4.78 is 79.1. The van der Waals surface area contributed by atoms with Gasteiger partial charge in [-0.3, -0.25) is 0 Å². The highest BCUT2D eigenvalue weighted by Gasteiger charge is 2.62. The summed E-state index contributed by atoms with van der Waals surface area (Å²) in [6.45, 7) is 5.05. The Bertz CT molecular complexity index is 887. The summed E-state index contributed by atoms with van der Waals surface area (Å²) in [4.78, 5) is 4.88. The first-order valence-electron chi connectivity index (χ1n) is 9.47. The molecule has 0 saturated heterocycles. The molecule has 4 atom stereocenters. The standard InChI is InChI=1S/C20H21Cl2F6N3O2/c1-3-15(22)16(29-30-17(32)10-19(23,24)25)5-4-14-9-18(33-31-14,20(26,27)28)12-6-11(2)7-13(21)8-12/h3-8,15-17,29-30,32H,1,9-10H2,2H3/b5-4+. The van der Waals surface area contributed by atoms with E-state index in [9.17, 15) is 31.4 Å². The van der Waals surface area contributed by atoms with Crippen molar-refractivity contribution in [3.63, 3.8) is 0 Å². The molecule has 33 heavy (non-hydrogen) atoms. The average molecular weight is 520 g/mol. The number of aliphatic hydroxyl groups is 1. The molecule has 1 aliphatic rings. The quantitative estimate of drug-likeness (QED) is 0.137. The number of alkyl halides is 7. The van der Waals surface area contributed by atoms with E-state index in [0.29, 0.717) is 5.56 Å². The van der Waals surface area contributed by atoms with Gasteiger partial charge in [-0.05, 0) is 30.7 Å². The van der Waals surface area contributed by atoms with Gasteiger partial charge >= 0.3 is 12.4 Å². The first kappa shape index (κ1) is 27.5. The Labute approximate surface area is 196 Å². The fourth-order valence-electron chi connectivity index (χ4n) is 3.04. The molecule has 5 nitrogen and oxygen atoms in total. The monoisotopic (exact) mass is 519 g/mol. The van der Waals surface area contributed by atoms with Gasteiger partial charge in [0.25, 0.3) is 5.60 Å². The second-order valence-electron chi connectivity index (χ2n) is 7.38. The third-order valence-electron chi connectivity index (χ3n) is 4.62. The molecule has 13 heteroatoms. The highest BCUT2D eigenvalue weighted by Crippen LogP contribution is 2.48. The van der Waals surface area contributed by atoms with Crippen LogP contribution in [0, 0.1) is 6.92 Å². The molecule has 3 N–H and O–H groups in total. The SMILES string of the molecule is C=CC(Cl)C(/C=C/C1=NOC(c2cc(C)cc(Cl)c2)(C(F)(F)F)C1)NNC(O)CC(F)(F)F. The molecule has 0 fully saturated rings. The van der Waals surface area contributed by atoms with Crippen LogP contribution < -0.4 is 10.9 Å². The summed E-state index contributed by atoms with van der Waals surface area (Å²) in [5.74, 6) is 0. The van der Waals surface area contributed by atoms with Crippen LogP contribution in [0.15, 0.2) is 48.2 Å². The topological polar surface area (TPSA) is 65.9 Å². The molecular weight excluding hydrogens is 499 g/mol. The van der Waals surface area contributed by atoms with E-state index in [-0.39, 0.29) is 16.3 Å². The van der Waals surface area contributed by atoms with E-state index in [2.05, 4.69) is 17.2 Å². The molecule has 1 heterocycles. The summed E-state index contributed by atoms with van der Waals surface area (Å²) >= 11 is 12.0. The van der Waals surface area contributed by atoms with Gasteiger partial charge in [-0.1, -0.05) is 35.0 Å². The van der Waals surface area contributed by atoms with Gasteiger partial charge in [-0.15, -0.1) is 18.2 Å². The highest BCUT2D eigenvalue weighted by molar-refractivity contribution is 6.30. The smallest absolute Gasteiger partial charge is 0.377 e. The maximum atomic E-state index is 14.0. The van der Waals surface area contributed by atoms with Crippen molar-refractivity contribution < 1.29 is 36.3 Å². The largest absolute Gasteiger partial charge is 0.435 e. The third-order valence-corrected chi connectivity index (χ3v) is 5.29. The lowest BCUT2D eigenvalue weighted by Gasteiger charge is -2.29. The summed E-state index contributed by atoms with van der Waals surface area (Å²) in [6.07, 6.45) is -9.93. The minimum absolute atomic E-state index is 0.0967. The minimum Gasteiger partial charge on any atom is -0.377 e. The number of hydrazine groups is 1. The van der Waals surface area contributed by atoms with Crippen molar-refractivity contribution >= 4 is 28.9 Å². The fourth-order valence-corrected chi connectivity index (χ4v) is 3.48. The molecule has 4 unspecified atom stereocenters. The Morgan fingerprint density at radius 1 is 1.24 bits per heavy atom. The molecule has 0 radical (unpaired) electrons. The van der Waals surface area contributed by atoms with Gasteiger partial charge in [0, 0.05) is 17.0 Å². The molecule has 1 aliphatic heterocycles. The Hall–Kier alpha value is -1.79. The van der Waals surface area contributed by atoms with Crippen LogP contribution in [0.25, 0.3) is 0 Å². The Morgan fingerprint density at radius 3 is 2.45 bits per heavy atom. The van der Waals surface area contributed by atoms with Gasteiger partial charge in [0.15, 0.2) is 0 Å². The van der Waals surface area contributed by atoms with Crippen molar-refractivity contribution in [3.05, 3.63) is 59.2 Å². The predicted octanol–water partition coefficient (Wildman–Crippen LogP) is 5.27. The number of nitrogens with one attached hydrogen (secondary N) is 2. The second-order valence-corrected chi connectivity index (χ2v) is 8.32. The second kappa shape index (κ2) is 10.6. The molecule has 2 rings (SSSR count). The van der Waals surface area contributed by atoms with Crippen molar-refractivity contribution in [2.45, 2.75) is 55.4 Å². The number of nitrogens with zero attached hydrogens (tertiary/aromatic N) is 1. The molecule has 0 saturated carbocycles. The molecule has 0 amide bonds. The van der Waals surface area contributed by atoms with Gasteiger partial charge in [-0.25, -0.2) is 10.9 Å². The highest BCUT2D eigenvalue weighted by atomic mass is 35.5. The Kier molecular flexibility index (Phi) is 8.86. The van der Waals surface area contributed by atoms with Crippen LogP contribution >= 0.6 is 23.2 Å². The molecule has 0 spiro atoms. The maximum Gasteiger partial charge on any atom is 0.435 e. The Morgan fingerprint density at radius 2 is 1.91 bits per heavy atom. The van der Waals surface area contributed by atoms with Crippen LogP contribution in [0.3, 0.4) is 0 Å². The van der Waals surface area contributed by atoms with Crippen molar-refractivity contribution in [3.8, 4) is 0 Å². The van der Waals surface area contributed by atoms with E-state index >= 15 is 0 Å². The van der Waals surface area contributed by atoms with E-state index in [1.54, 1.807) is 6.92 Å². The van der Waals surface area contributed by atoms with E-state index in [4.69, 9.17) is 28.0 Å². The fraction of sp³-hybridized carbons (Fsp3) is 0.450. The van der Waals surface area contributed by atoms with E-state index < -0.39 is 48.4 Å². The van der Waals surface area contributed by atoms with Gasteiger partial charge in [0.2, 0.25) is 0 Å². The third kappa shape index (κ3) is 7.35. The zero-order valence-corrected chi connectivity index (χ0v) is 18.7. The summed E-state index contributed by atoms with van der Waals surface area (Å²) in [6, 6.07) is 2.99. The van der Waals surface area contributed by atoms with E-state index in [0.717, 1.165) is 6.07 Å². The lowest BCUT2D eigenvalue weighted by molar-refractivity contribution is -0.275. The van der Waals surface area contributed by atoms with Crippen LogP contribution in [-0.2, 0) is 10.4 Å². The van der Waals surface area contributed by atoms with Gasteiger partial charge in [0.1, 0.15) is 6.23 Å². The number of benzene rings is 1. The number of aliphatic hydroxyl groups excluding tert-OH is 1. The average Bonchev–Trinajstić information content (AvgIpc) is 3.11. The normalized spacial score (nSPS) is 22.1. The summed E-state index contributed by atoms with van der Waals surface area (Å²) in [5.41, 5.74) is 1.85. The van der Waals surface area contributed by atoms with Gasteiger partial charge in [-0.2, -0.15) is 26.3 Å². The lowest BCUT2D eigenvalue weighted by Crippen LogP contribution is -2.50. The number of allylic oxidation sites excluding steroid dienone is 1. The van der Waals surface area contributed by atoms with E-state index in [1.165, 1.54) is 30.4 Å². The van der Waals surface area contributed by atoms with Gasteiger partial charge < -0.3 is 9.94 Å². The maximum absolute atomic E-state index is 14.0. The van der Waals surface area contributed by atoms with Crippen molar-refractivity contribution in [1.82, 2.24) is 10.9 Å². The molecule has 0 bridgehead atoms. The van der Waals surface area contributed by atoms with Crippen LogP contribution in [0.2, 0.25) is 5.02 Å². The molecular formula is C20H21Cl2F6N3O2. The zero-order valence-electron chi connectivity index (χ0n) is 17.1. The van der Waals surface area contributed by atoms with Crippen LogP contribution in [0.4, 0.5) is 26.3 Å².